The number of amides is 2. The van der Waals surface area contributed by atoms with Crippen LogP contribution in [0.2, 0.25) is 0 Å². The molecule has 0 saturated heterocycles. The third-order valence-corrected chi connectivity index (χ3v) is 8.15. The summed E-state index contributed by atoms with van der Waals surface area (Å²) >= 11 is 0. The van der Waals surface area contributed by atoms with Crippen LogP contribution in [0.15, 0.2) is 18.2 Å². The van der Waals surface area contributed by atoms with Gasteiger partial charge in [0.25, 0.3) is 0 Å². The van der Waals surface area contributed by atoms with Crippen LogP contribution in [0.1, 0.15) is 70.8 Å². The van der Waals surface area contributed by atoms with E-state index in [4.69, 9.17) is 4.74 Å². The van der Waals surface area contributed by atoms with Gasteiger partial charge < -0.3 is 10.1 Å². The zero-order chi connectivity index (χ0) is 21.1. The third-order valence-electron chi connectivity index (χ3n) is 8.15. The number of carbonyl (C=O) groups excluding carboxylic acids is 2. The number of benzene rings is 1. The van der Waals surface area contributed by atoms with E-state index in [9.17, 15) is 9.59 Å². The highest BCUT2D eigenvalue weighted by molar-refractivity contribution is 5.93. The quantitative estimate of drug-likeness (QED) is 0.713. The summed E-state index contributed by atoms with van der Waals surface area (Å²) in [6, 6.07) is 5.89. The maximum atomic E-state index is 13.1. The second kappa shape index (κ2) is 6.73. The molecule has 5 nitrogen and oxygen atoms in total. The summed E-state index contributed by atoms with van der Waals surface area (Å²) in [5.41, 5.74) is 3.87. The lowest BCUT2D eigenvalue weighted by Crippen LogP contribution is -2.55. The van der Waals surface area contributed by atoms with Gasteiger partial charge in [-0.05, 0) is 97.3 Å². The average molecular weight is 411 g/mol. The SMILES string of the molecule is COC(=O)N1CCCc2cc(NC(=O)CC34CC5C[C@](C)(C3)C[C@](C)(C5)C4)ccc21. The van der Waals surface area contributed by atoms with E-state index < -0.39 is 0 Å². The summed E-state index contributed by atoms with van der Waals surface area (Å²) in [4.78, 5) is 26.8. The molecule has 2 amide bonds. The number of fused-ring (bicyclic) bond motifs is 1. The van der Waals surface area contributed by atoms with Crippen LogP contribution >= 0.6 is 0 Å². The second-order valence-electron chi connectivity index (χ2n) is 11.4. The van der Waals surface area contributed by atoms with Crippen LogP contribution in [0, 0.1) is 22.2 Å². The van der Waals surface area contributed by atoms with Crippen molar-refractivity contribution in [2.75, 3.05) is 23.9 Å². The molecule has 1 aromatic rings. The Kier molecular flexibility index (Phi) is 4.46. The van der Waals surface area contributed by atoms with E-state index >= 15 is 0 Å². The normalized spacial score (nSPS) is 36.4. The number of aryl methyl sites for hydroxylation is 1. The highest BCUT2D eigenvalue weighted by atomic mass is 16.5. The van der Waals surface area contributed by atoms with Crippen molar-refractivity contribution in [2.45, 2.75) is 71.6 Å². The molecular formula is C25H34N2O3. The van der Waals surface area contributed by atoms with Gasteiger partial charge in [-0.1, -0.05) is 13.8 Å². The Morgan fingerprint density at radius 2 is 1.87 bits per heavy atom. The molecule has 2 atom stereocenters. The van der Waals surface area contributed by atoms with Gasteiger partial charge in [0.05, 0.1) is 12.8 Å². The topological polar surface area (TPSA) is 58.6 Å². The van der Waals surface area contributed by atoms with E-state index in [-0.39, 0.29) is 17.4 Å². The fourth-order valence-electron chi connectivity index (χ4n) is 8.40. The molecule has 1 heterocycles. The molecule has 4 saturated carbocycles. The lowest BCUT2D eigenvalue weighted by Gasteiger charge is -2.65. The highest BCUT2D eigenvalue weighted by Crippen LogP contribution is 2.70. The van der Waals surface area contributed by atoms with Crippen LogP contribution in [-0.4, -0.2) is 25.7 Å². The summed E-state index contributed by atoms with van der Waals surface area (Å²) in [6.45, 7) is 5.59. The lowest BCUT2D eigenvalue weighted by atomic mass is 9.40. The average Bonchev–Trinajstić information content (AvgIpc) is 2.63. The molecule has 1 N–H and O–H groups in total. The Morgan fingerprint density at radius 3 is 2.53 bits per heavy atom. The number of hydrogen-bond donors (Lipinski definition) is 1. The number of anilines is 2. The van der Waals surface area contributed by atoms with Crippen molar-refractivity contribution < 1.29 is 14.3 Å². The number of nitrogens with zero attached hydrogens (tertiary/aromatic N) is 1. The summed E-state index contributed by atoms with van der Waals surface area (Å²) in [7, 11) is 1.41. The van der Waals surface area contributed by atoms with E-state index in [0.29, 0.717) is 23.8 Å². The smallest absolute Gasteiger partial charge is 0.414 e. The zero-order valence-electron chi connectivity index (χ0n) is 18.6. The number of carbonyl (C=O) groups is 2. The van der Waals surface area contributed by atoms with Gasteiger partial charge in [0.15, 0.2) is 0 Å². The second-order valence-corrected chi connectivity index (χ2v) is 11.4. The Labute approximate surface area is 179 Å². The van der Waals surface area contributed by atoms with E-state index in [2.05, 4.69) is 19.2 Å². The van der Waals surface area contributed by atoms with Crippen molar-refractivity contribution in [3.8, 4) is 0 Å². The largest absolute Gasteiger partial charge is 0.452 e. The molecule has 5 heteroatoms. The van der Waals surface area contributed by atoms with E-state index in [1.165, 1.54) is 45.6 Å². The van der Waals surface area contributed by atoms with Crippen molar-refractivity contribution in [3.63, 3.8) is 0 Å². The van der Waals surface area contributed by atoms with Crippen molar-refractivity contribution in [2.24, 2.45) is 22.2 Å². The highest BCUT2D eigenvalue weighted by Gasteiger charge is 2.60. The summed E-state index contributed by atoms with van der Waals surface area (Å²) in [5.74, 6) is 0.946. The summed E-state index contributed by atoms with van der Waals surface area (Å²) < 4.78 is 4.91. The van der Waals surface area contributed by atoms with Gasteiger partial charge in [-0.3, -0.25) is 9.69 Å². The maximum absolute atomic E-state index is 13.1. The predicted octanol–water partition coefficient (Wildman–Crippen LogP) is 5.53. The Hall–Kier alpha value is -2.04. The fraction of sp³-hybridized carbons (Fsp3) is 0.680. The lowest BCUT2D eigenvalue weighted by molar-refractivity contribution is -0.153. The van der Waals surface area contributed by atoms with Crippen molar-refractivity contribution in [1.29, 1.82) is 0 Å². The van der Waals surface area contributed by atoms with Crippen molar-refractivity contribution in [3.05, 3.63) is 23.8 Å². The molecule has 30 heavy (non-hydrogen) atoms. The first-order chi connectivity index (χ1) is 14.2. The first-order valence-electron chi connectivity index (χ1n) is 11.5. The third kappa shape index (κ3) is 3.40. The van der Waals surface area contributed by atoms with Gasteiger partial charge in [0, 0.05) is 18.7 Å². The van der Waals surface area contributed by atoms with Gasteiger partial charge in [-0.25, -0.2) is 4.79 Å². The molecule has 0 aromatic heterocycles. The van der Waals surface area contributed by atoms with E-state index in [1.807, 2.05) is 18.2 Å². The predicted molar refractivity (Wildman–Crippen MR) is 118 cm³/mol. The number of ether oxygens (including phenoxy) is 1. The van der Waals surface area contributed by atoms with Crippen LogP contribution < -0.4 is 10.2 Å². The Morgan fingerprint density at radius 1 is 1.13 bits per heavy atom. The first-order valence-corrected chi connectivity index (χ1v) is 11.5. The standard InChI is InChI=1S/C25H34N2O3/c1-23-10-17-11-24(2,14-23)16-25(12-17,15-23)13-21(28)26-19-6-7-20-18(9-19)5-4-8-27(20)22(29)30-3/h6-7,9,17H,4-5,8,10-16H2,1-3H3,(H,26,28)/t17?,23-,24-,25?/m0/s1. The zero-order valence-corrected chi connectivity index (χ0v) is 18.6. The van der Waals surface area contributed by atoms with Crippen LogP contribution in [0.25, 0.3) is 0 Å². The molecule has 0 unspecified atom stereocenters. The minimum absolute atomic E-state index is 0.143. The molecule has 4 fully saturated rings. The van der Waals surface area contributed by atoms with Gasteiger partial charge in [-0.15, -0.1) is 0 Å². The van der Waals surface area contributed by atoms with Crippen LogP contribution in [0.4, 0.5) is 16.2 Å². The number of hydrogen-bond acceptors (Lipinski definition) is 3. The molecule has 1 aliphatic heterocycles. The number of rotatable bonds is 3. The summed E-state index contributed by atoms with van der Waals surface area (Å²) in [6.07, 6.45) is 9.81. The van der Waals surface area contributed by atoms with Gasteiger partial charge in [0.2, 0.25) is 5.91 Å². The van der Waals surface area contributed by atoms with E-state index in [0.717, 1.165) is 35.7 Å². The van der Waals surface area contributed by atoms with Gasteiger partial charge in [0.1, 0.15) is 0 Å². The number of nitrogens with one attached hydrogen (secondary N) is 1. The molecule has 0 radical (unpaired) electrons. The number of methoxy groups -OCH3 is 1. The molecule has 162 valence electrons. The van der Waals surface area contributed by atoms with E-state index in [1.54, 1.807) is 4.90 Å². The maximum Gasteiger partial charge on any atom is 0.414 e. The molecular weight excluding hydrogens is 376 g/mol. The molecule has 1 aromatic carbocycles. The fourth-order valence-corrected chi connectivity index (χ4v) is 8.40. The monoisotopic (exact) mass is 410 g/mol. The molecule has 6 rings (SSSR count). The van der Waals surface area contributed by atoms with Crippen molar-refractivity contribution in [1.82, 2.24) is 0 Å². The summed E-state index contributed by atoms with van der Waals surface area (Å²) in [5, 5.41) is 3.18. The van der Waals surface area contributed by atoms with Gasteiger partial charge >= 0.3 is 6.09 Å². The van der Waals surface area contributed by atoms with Crippen molar-refractivity contribution >= 4 is 23.4 Å². The van der Waals surface area contributed by atoms with Gasteiger partial charge in [-0.2, -0.15) is 0 Å². The first kappa shape index (κ1) is 19.9. The minimum Gasteiger partial charge on any atom is -0.452 e. The molecule has 4 bridgehead atoms. The minimum atomic E-state index is -0.323. The molecule has 4 aliphatic carbocycles. The van der Waals surface area contributed by atoms with Crippen LogP contribution in [0.5, 0.6) is 0 Å². The van der Waals surface area contributed by atoms with Crippen LogP contribution in [0.3, 0.4) is 0 Å². The molecule has 5 aliphatic rings. The van der Waals surface area contributed by atoms with Crippen LogP contribution in [-0.2, 0) is 16.0 Å². The Balaban J connectivity index is 1.30. The molecule has 0 spiro atoms. The Bertz CT molecular complexity index is 876.